The number of hydrogen-bond acceptors (Lipinski definition) is 5. The van der Waals surface area contributed by atoms with Gasteiger partial charge < -0.3 is 15.2 Å². The summed E-state index contributed by atoms with van der Waals surface area (Å²) in [5, 5.41) is 10.4. The number of anilines is 1. The Hall–Kier alpha value is -1.82. The zero-order chi connectivity index (χ0) is 19.9. The van der Waals surface area contributed by atoms with Crippen LogP contribution in [0.4, 0.5) is 5.69 Å². The van der Waals surface area contributed by atoms with Crippen LogP contribution in [0.2, 0.25) is 0 Å². The highest BCUT2D eigenvalue weighted by Gasteiger charge is 2.09. The molecular formula is C18H28IN5O3S. The molecule has 28 heavy (non-hydrogen) atoms. The molecule has 2 aromatic rings. The number of aliphatic imine (C=N–C) groups is 1. The third-order valence-electron chi connectivity index (χ3n) is 3.66. The topological polar surface area (TPSA) is 109 Å². The van der Waals surface area contributed by atoms with Gasteiger partial charge in [0.15, 0.2) is 11.7 Å². The SMILES string of the molecule is CCNC(=NCc1ccccc1NS(C)(=O)=O)NCc1cc(C(C)C)no1.I. The van der Waals surface area contributed by atoms with Gasteiger partial charge >= 0.3 is 0 Å². The number of hydrogen-bond donors (Lipinski definition) is 3. The zero-order valence-electron chi connectivity index (χ0n) is 16.5. The van der Waals surface area contributed by atoms with Gasteiger partial charge in [-0.15, -0.1) is 24.0 Å². The molecule has 1 aromatic carbocycles. The number of para-hydroxylation sites is 1. The molecule has 0 saturated carbocycles. The van der Waals surface area contributed by atoms with Crippen LogP contribution in [-0.4, -0.2) is 32.3 Å². The lowest BCUT2D eigenvalue weighted by Crippen LogP contribution is -2.36. The van der Waals surface area contributed by atoms with E-state index in [1.54, 1.807) is 12.1 Å². The average Bonchev–Trinajstić information content (AvgIpc) is 3.06. The molecule has 0 spiro atoms. The molecule has 0 aliphatic heterocycles. The summed E-state index contributed by atoms with van der Waals surface area (Å²) in [6, 6.07) is 9.10. The second kappa shape index (κ2) is 11.2. The van der Waals surface area contributed by atoms with Gasteiger partial charge in [-0.3, -0.25) is 4.72 Å². The molecule has 2 rings (SSSR count). The molecule has 0 aliphatic carbocycles. The predicted molar refractivity (Wildman–Crippen MR) is 123 cm³/mol. The number of guanidine groups is 1. The van der Waals surface area contributed by atoms with Crippen molar-refractivity contribution in [2.45, 2.75) is 39.8 Å². The van der Waals surface area contributed by atoms with Crippen molar-refractivity contribution in [3.05, 3.63) is 47.3 Å². The largest absolute Gasteiger partial charge is 0.359 e. The van der Waals surface area contributed by atoms with E-state index in [1.807, 2.05) is 25.1 Å². The van der Waals surface area contributed by atoms with E-state index >= 15 is 0 Å². The Labute approximate surface area is 183 Å². The van der Waals surface area contributed by atoms with E-state index in [0.717, 1.165) is 23.3 Å². The second-order valence-electron chi connectivity index (χ2n) is 6.45. The Morgan fingerprint density at radius 2 is 1.96 bits per heavy atom. The first-order valence-electron chi connectivity index (χ1n) is 8.82. The number of rotatable bonds is 8. The highest BCUT2D eigenvalue weighted by Crippen LogP contribution is 2.17. The minimum atomic E-state index is -3.35. The minimum Gasteiger partial charge on any atom is -0.359 e. The monoisotopic (exact) mass is 521 g/mol. The van der Waals surface area contributed by atoms with Crippen LogP contribution in [0.25, 0.3) is 0 Å². The highest BCUT2D eigenvalue weighted by atomic mass is 127. The molecule has 3 N–H and O–H groups in total. The zero-order valence-corrected chi connectivity index (χ0v) is 19.7. The molecule has 0 saturated heterocycles. The van der Waals surface area contributed by atoms with Gasteiger partial charge in [-0.1, -0.05) is 37.2 Å². The van der Waals surface area contributed by atoms with Crippen molar-refractivity contribution in [3.63, 3.8) is 0 Å². The Morgan fingerprint density at radius 3 is 2.57 bits per heavy atom. The molecule has 0 bridgehead atoms. The summed E-state index contributed by atoms with van der Waals surface area (Å²) in [6.45, 7) is 7.56. The molecule has 0 aliphatic rings. The maximum absolute atomic E-state index is 11.5. The predicted octanol–water partition coefficient (Wildman–Crippen LogP) is 3.04. The summed E-state index contributed by atoms with van der Waals surface area (Å²) in [6.07, 6.45) is 1.13. The number of nitrogens with one attached hydrogen (secondary N) is 3. The fourth-order valence-corrected chi connectivity index (χ4v) is 2.92. The normalized spacial score (nSPS) is 11.8. The lowest BCUT2D eigenvalue weighted by atomic mass is 10.1. The van der Waals surface area contributed by atoms with E-state index < -0.39 is 10.0 Å². The number of benzene rings is 1. The maximum atomic E-state index is 11.5. The van der Waals surface area contributed by atoms with E-state index in [0.29, 0.717) is 37.2 Å². The molecule has 0 atom stereocenters. The lowest BCUT2D eigenvalue weighted by Gasteiger charge is -2.12. The first-order chi connectivity index (χ1) is 12.8. The van der Waals surface area contributed by atoms with Crippen molar-refractivity contribution >= 4 is 45.6 Å². The summed E-state index contributed by atoms with van der Waals surface area (Å²) >= 11 is 0. The smallest absolute Gasteiger partial charge is 0.229 e. The first-order valence-corrected chi connectivity index (χ1v) is 10.7. The average molecular weight is 521 g/mol. The van der Waals surface area contributed by atoms with Gasteiger partial charge in [0.2, 0.25) is 10.0 Å². The number of nitrogens with zero attached hydrogens (tertiary/aromatic N) is 2. The number of sulfonamides is 1. The van der Waals surface area contributed by atoms with E-state index in [2.05, 4.69) is 39.4 Å². The fraction of sp³-hybridized carbons (Fsp3) is 0.444. The van der Waals surface area contributed by atoms with Crippen LogP contribution in [0.15, 0.2) is 39.8 Å². The van der Waals surface area contributed by atoms with Crippen LogP contribution in [0.1, 0.15) is 43.7 Å². The third kappa shape index (κ3) is 8.05. The van der Waals surface area contributed by atoms with Crippen molar-refractivity contribution in [3.8, 4) is 0 Å². The second-order valence-corrected chi connectivity index (χ2v) is 8.20. The van der Waals surface area contributed by atoms with Gasteiger partial charge in [-0.2, -0.15) is 0 Å². The summed E-state index contributed by atoms with van der Waals surface area (Å²) in [7, 11) is -3.35. The van der Waals surface area contributed by atoms with Gasteiger partial charge in [0.05, 0.1) is 30.7 Å². The van der Waals surface area contributed by atoms with E-state index in [1.165, 1.54) is 0 Å². The van der Waals surface area contributed by atoms with Crippen molar-refractivity contribution in [1.29, 1.82) is 0 Å². The molecule has 0 radical (unpaired) electrons. The molecule has 0 amide bonds. The van der Waals surface area contributed by atoms with Crippen molar-refractivity contribution < 1.29 is 12.9 Å². The lowest BCUT2D eigenvalue weighted by molar-refractivity contribution is 0.372. The van der Waals surface area contributed by atoms with Gasteiger partial charge in [0.25, 0.3) is 0 Å². The first kappa shape index (κ1) is 24.2. The fourth-order valence-electron chi connectivity index (χ4n) is 2.32. The minimum absolute atomic E-state index is 0. The van der Waals surface area contributed by atoms with Crippen molar-refractivity contribution in [2.75, 3.05) is 17.5 Å². The molecular weight excluding hydrogens is 493 g/mol. The summed E-state index contributed by atoms with van der Waals surface area (Å²) in [5.74, 6) is 1.64. The summed E-state index contributed by atoms with van der Waals surface area (Å²) in [4.78, 5) is 4.53. The van der Waals surface area contributed by atoms with Gasteiger partial charge in [0, 0.05) is 12.6 Å². The van der Waals surface area contributed by atoms with Crippen LogP contribution in [0, 0.1) is 0 Å². The van der Waals surface area contributed by atoms with Gasteiger partial charge in [-0.25, -0.2) is 13.4 Å². The van der Waals surface area contributed by atoms with Crippen molar-refractivity contribution in [2.24, 2.45) is 4.99 Å². The molecule has 10 heteroatoms. The van der Waals surface area contributed by atoms with E-state index in [4.69, 9.17) is 4.52 Å². The van der Waals surface area contributed by atoms with Crippen LogP contribution in [0.3, 0.4) is 0 Å². The number of aromatic nitrogens is 1. The number of halogens is 1. The van der Waals surface area contributed by atoms with E-state index in [9.17, 15) is 8.42 Å². The Kier molecular flexibility index (Phi) is 9.73. The van der Waals surface area contributed by atoms with Gasteiger partial charge in [-0.05, 0) is 24.5 Å². The Morgan fingerprint density at radius 1 is 1.25 bits per heavy atom. The van der Waals surface area contributed by atoms with Gasteiger partial charge in [0.1, 0.15) is 0 Å². The highest BCUT2D eigenvalue weighted by molar-refractivity contribution is 14.0. The standard InChI is InChI=1S/C18H27N5O3S.HI/c1-5-19-18(21-12-15-10-17(13(2)3)22-26-15)20-11-14-8-6-7-9-16(14)23-27(4,24)25;/h6-10,13,23H,5,11-12H2,1-4H3,(H2,19,20,21);1H. The Bertz CT molecular complexity index is 881. The maximum Gasteiger partial charge on any atom is 0.229 e. The van der Waals surface area contributed by atoms with E-state index in [-0.39, 0.29) is 24.0 Å². The molecule has 156 valence electrons. The Balaban J connectivity index is 0.00000392. The molecule has 1 aromatic heterocycles. The van der Waals surface area contributed by atoms with Crippen molar-refractivity contribution in [1.82, 2.24) is 15.8 Å². The molecule has 8 nitrogen and oxygen atoms in total. The van der Waals surface area contributed by atoms with Crippen LogP contribution in [0.5, 0.6) is 0 Å². The summed E-state index contributed by atoms with van der Waals surface area (Å²) < 4.78 is 30.9. The third-order valence-corrected chi connectivity index (χ3v) is 4.25. The molecule has 0 unspecified atom stereocenters. The molecule has 1 heterocycles. The van der Waals surface area contributed by atoms with Crippen LogP contribution < -0.4 is 15.4 Å². The summed E-state index contributed by atoms with van der Waals surface area (Å²) in [5.41, 5.74) is 2.22. The molecule has 0 fully saturated rings. The quantitative estimate of drug-likeness (QED) is 0.280. The van der Waals surface area contributed by atoms with Crippen LogP contribution in [-0.2, 0) is 23.1 Å². The van der Waals surface area contributed by atoms with Crippen LogP contribution >= 0.6 is 24.0 Å².